The van der Waals surface area contributed by atoms with E-state index in [1.165, 1.54) is 0 Å². The lowest BCUT2D eigenvalue weighted by atomic mass is 9.95. The molecule has 2 rings (SSSR count). The minimum Gasteiger partial charge on any atom is -0.372 e. The van der Waals surface area contributed by atoms with Gasteiger partial charge in [-0.15, -0.1) is 0 Å². The Morgan fingerprint density at radius 1 is 1.54 bits per heavy atom. The molecule has 0 radical (unpaired) electrons. The molecule has 70 valence electrons. The van der Waals surface area contributed by atoms with Gasteiger partial charge in [0.2, 0.25) is 0 Å². The third-order valence-corrected chi connectivity index (χ3v) is 2.81. The number of hydrogen-bond donors (Lipinski definition) is 1. The van der Waals surface area contributed by atoms with Crippen molar-refractivity contribution in [3.05, 3.63) is 34.3 Å². The van der Waals surface area contributed by atoms with Gasteiger partial charge in [-0.25, -0.2) is 0 Å². The van der Waals surface area contributed by atoms with Crippen LogP contribution >= 0.6 is 11.6 Å². The molecule has 0 bridgehead atoms. The van der Waals surface area contributed by atoms with E-state index in [1.54, 1.807) is 0 Å². The summed E-state index contributed by atoms with van der Waals surface area (Å²) in [6.07, 6.45) is 0.0485. The summed E-state index contributed by atoms with van der Waals surface area (Å²) in [5.74, 6) is 0. The van der Waals surface area contributed by atoms with E-state index < -0.39 is 0 Å². The van der Waals surface area contributed by atoms with Gasteiger partial charge in [0.1, 0.15) is 0 Å². The van der Waals surface area contributed by atoms with Gasteiger partial charge in [0, 0.05) is 5.02 Å². The van der Waals surface area contributed by atoms with Crippen molar-refractivity contribution in [2.75, 3.05) is 0 Å². The number of nitrogens with two attached hydrogens (primary N) is 1. The molecular formula is C10H12ClNO. The zero-order chi connectivity index (χ0) is 9.42. The Bertz CT molecular complexity index is 327. The maximum Gasteiger partial charge on any atom is 0.0744 e. The van der Waals surface area contributed by atoms with E-state index in [2.05, 4.69) is 0 Å². The molecule has 1 aliphatic heterocycles. The van der Waals surface area contributed by atoms with Gasteiger partial charge in [-0.3, -0.25) is 0 Å². The van der Waals surface area contributed by atoms with E-state index >= 15 is 0 Å². The van der Waals surface area contributed by atoms with Crippen LogP contribution in [0.15, 0.2) is 18.2 Å². The smallest absolute Gasteiger partial charge is 0.0744 e. The Labute approximate surface area is 82.6 Å². The van der Waals surface area contributed by atoms with Crippen LogP contribution in [0.5, 0.6) is 0 Å². The molecule has 0 amide bonds. The molecular weight excluding hydrogens is 186 g/mol. The highest BCUT2D eigenvalue weighted by atomic mass is 35.5. The van der Waals surface area contributed by atoms with E-state index in [4.69, 9.17) is 22.1 Å². The van der Waals surface area contributed by atoms with Gasteiger partial charge < -0.3 is 10.5 Å². The Morgan fingerprint density at radius 3 is 3.08 bits per heavy atom. The van der Waals surface area contributed by atoms with Crippen molar-refractivity contribution in [2.24, 2.45) is 5.73 Å². The first-order valence-corrected chi connectivity index (χ1v) is 4.72. The van der Waals surface area contributed by atoms with Crippen LogP contribution in [-0.4, -0.2) is 6.10 Å². The zero-order valence-electron chi connectivity index (χ0n) is 7.46. The molecule has 3 heteroatoms. The monoisotopic (exact) mass is 197 g/mol. The second-order valence-electron chi connectivity index (χ2n) is 3.35. The molecule has 1 heterocycles. The standard InChI is InChI=1S/C10H12ClNO/c1-6-10(12)9-7(5-13-6)3-2-4-8(9)11/h2-4,6,10H,5,12H2,1H3. The number of ether oxygens (including phenoxy) is 1. The molecule has 2 N–H and O–H groups in total. The van der Waals surface area contributed by atoms with Gasteiger partial charge in [0.05, 0.1) is 18.8 Å². The fraction of sp³-hybridized carbons (Fsp3) is 0.400. The Balaban J connectivity index is 2.51. The Kier molecular flexibility index (Phi) is 2.28. The third kappa shape index (κ3) is 1.46. The molecule has 0 saturated carbocycles. The first-order chi connectivity index (χ1) is 6.20. The summed E-state index contributed by atoms with van der Waals surface area (Å²) < 4.78 is 5.49. The van der Waals surface area contributed by atoms with Crippen molar-refractivity contribution >= 4 is 11.6 Å². The van der Waals surface area contributed by atoms with Gasteiger partial charge in [-0.2, -0.15) is 0 Å². The normalized spacial score (nSPS) is 27.0. The van der Waals surface area contributed by atoms with Gasteiger partial charge in [0.15, 0.2) is 0 Å². The van der Waals surface area contributed by atoms with E-state index in [9.17, 15) is 0 Å². The van der Waals surface area contributed by atoms with Crippen LogP contribution in [0.3, 0.4) is 0 Å². The van der Waals surface area contributed by atoms with Crippen LogP contribution in [0.2, 0.25) is 5.02 Å². The Hall–Kier alpha value is -0.570. The Morgan fingerprint density at radius 2 is 2.31 bits per heavy atom. The summed E-state index contributed by atoms with van der Waals surface area (Å²) in [5.41, 5.74) is 8.13. The first-order valence-electron chi connectivity index (χ1n) is 4.34. The molecule has 0 spiro atoms. The molecule has 0 aromatic heterocycles. The van der Waals surface area contributed by atoms with Crippen LogP contribution in [0.1, 0.15) is 24.1 Å². The van der Waals surface area contributed by atoms with Crippen LogP contribution in [-0.2, 0) is 11.3 Å². The van der Waals surface area contributed by atoms with Gasteiger partial charge in [0.25, 0.3) is 0 Å². The minimum absolute atomic E-state index is 0.0485. The van der Waals surface area contributed by atoms with Crippen molar-refractivity contribution in [1.82, 2.24) is 0 Å². The molecule has 0 aliphatic carbocycles. The quantitative estimate of drug-likeness (QED) is 0.693. The number of hydrogen-bond acceptors (Lipinski definition) is 2. The summed E-state index contributed by atoms with van der Waals surface area (Å²) in [6, 6.07) is 5.70. The lowest BCUT2D eigenvalue weighted by Gasteiger charge is -2.29. The maximum absolute atomic E-state index is 6.07. The van der Waals surface area contributed by atoms with Gasteiger partial charge >= 0.3 is 0 Å². The summed E-state index contributed by atoms with van der Waals surface area (Å²) in [5, 5.41) is 0.750. The predicted octanol–water partition coefficient (Wildman–Crippen LogP) is 2.26. The first kappa shape index (κ1) is 9.00. The summed E-state index contributed by atoms with van der Waals surface area (Å²) >= 11 is 6.07. The summed E-state index contributed by atoms with van der Waals surface area (Å²) in [7, 11) is 0. The highest BCUT2D eigenvalue weighted by Crippen LogP contribution is 2.32. The SMILES string of the molecule is CC1OCc2cccc(Cl)c2C1N. The van der Waals surface area contributed by atoms with E-state index in [0.717, 1.165) is 16.1 Å². The summed E-state index contributed by atoms with van der Waals surface area (Å²) in [6.45, 7) is 2.59. The average Bonchev–Trinajstić information content (AvgIpc) is 2.12. The largest absolute Gasteiger partial charge is 0.372 e. The molecule has 13 heavy (non-hydrogen) atoms. The number of halogens is 1. The van der Waals surface area contributed by atoms with Crippen molar-refractivity contribution in [3.8, 4) is 0 Å². The molecule has 2 unspecified atom stereocenters. The number of rotatable bonds is 0. The zero-order valence-corrected chi connectivity index (χ0v) is 8.21. The maximum atomic E-state index is 6.07. The molecule has 0 fully saturated rings. The predicted molar refractivity (Wildman–Crippen MR) is 52.6 cm³/mol. The molecule has 2 nitrogen and oxygen atoms in total. The van der Waals surface area contributed by atoms with E-state index in [0.29, 0.717) is 6.61 Å². The average molecular weight is 198 g/mol. The van der Waals surface area contributed by atoms with Crippen LogP contribution < -0.4 is 5.73 Å². The van der Waals surface area contributed by atoms with E-state index in [-0.39, 0.29) is 12.1 Å². The van der Waals surface area contributed by atoms with Crippen molar-refractivity contribution < 1.29 is 4.74 Å². The molecule has 0 saturated heterocycles. The van der Waals surface area contributed by atoms with Crippen molar-refractivity contribution in [2.45, 2.75) is 25.7 Å². The third-order valence-electron chi connectivity index (χ3n) is 2.48. The van der Waals surface area contributed by atoms with Crippen LogP contribution in [0.25, 0.3) is 0 Å². The second kappa shape index (κ2) is 3.29. The molecule has 1 aromatic carbocycles. The van der Waals surface area contributed by atoms with Gasteiger partial charge in [-0.05, 0) is 24.1 Å². The highest BCUT2D eigenvalue weighted by Gasteiger charge is 2.25. The molecule has 2 atom stereocenters. The second-order valence-corrected chi connectivity index (χ2v) is 3.76. The number of benzene rings is 1. The highest BCUT2D eigenvalue weighted by molar-refractivity contribution is 6.31. The molecule has 1 aliphatic rings. The van der Waals surface area contributed by atoms with Crippen LogP contribution in [0, 0.1) is 0 Å². The van der Waals surface area contributed by atoms with E-state index in [1.807, 2.05) is 25.1 Å². The minimum atomic E-state index is -0.0996. The summed E-state index contributed by atoms with van der Waals surface area (Å²) in [4.78, 5) is 0. The fourth-order valence-corrected chi connectivity index (χ4v) is 1.96. The topological polar surface area (TPSA) is 35.2 Å². The molecule has 1 aromatic rings. The fourth-order valence-electron chi connectivity index (χ4n) is 1.64. The van der Waals surface area contributed by atoms with Crippen molar-refractivity contribution in [3.63, 3.8) is 0 Å². The van der Waals surface area contributed by atoms with Crippen molar-refractivity contribution in [1.29, 1.82) is 0 Å². The lowest BCUT2D eigenvalue weighted by Crippen LogP contribution is -2.31. The lowest BCUT2D eigenvalue weighted by molar-refractivity contribution is 0.0214. The van der Waals surface area contributed by atoms with Gasteiger partial charge in [-0.1, -0.05) is 23.7 Å². The number of fused-ring (bicyclic) bond motifs is 1. The van der Waals surface area contributed by atoms with Crippen LogP contribution in [0.4, 0.5) is 0 Å².